The number of hydrogen-bond donors (Lipinski definition) is 3. The van der Waals surface area contributed by atoms with E-state index < -0.39 is 10.2 Å². The third kappa shape index (κ3) is 5.81. The molecule has 1 heterocycles. The lowest BCUT2D eigenvalue weighted by Gasteiger charge is -2.28. The Morgan fingerprint density at radius 3 is 2.59 bits per heavy atom. The van der Waals surface area contributed by atoms with Gasteiger partial charge in [-0.1, -0.05) is 13.8 Å². The second-order valence-electron chi connectivity index (χ2n) is 5.26. The number of nitrogens with one attached hydrogen (secondary N) is 3. The van der Waals surface area contributed by atoms with Crippen molar-refractivity contribution in [3.8, 4) is 0 Å². The summed E-state index contributed by atoms with van der Waals surface area (Å²) in [4.78, 5) is 0. The molecule has 1 aliphatic rings. The molecule has 0 aromatic heterocycles. The van der Waals surface area contributed by atoms with Gasteiger partial charge in [-0.25, -0.2) is 4.72 Å². The minimum absolute atomic E-state index is 0.0209. The second kappa shape index (κ2) is 6.68. The molecule has 0 amide bonds. The van der Waals surface area contributed by atoms with E-state index in [1.807, 2.05) is 20.8 Å². The van der Waals surface area contributed by atoms with Gasteiger partial charge in [0.15, 0.2) is 0 Å². The summed E-state index contributed by atoms with van der Waals surface area (Å²) in [6.07, 6.45) is 2.21. The van der Waals surface area contributed by atoms with Crippen LogP contribution < -0.4 is 14.8 Å². The van der Waals surface area contributed by atoms with Crippen LogP contribution in [0.3, 0.4) is 0 Å². The van der Waals surface area contributed by atoms with Crippen molar-refractivity contribution < 1.29 is 8.42 Å². The van der Waals surface area contributed by atoms with Crippen molar-refractivity contribution in [3.63, 3.8) is 0 Å². The summed E-state index contributed by atoms with van der Waals surface area (Å²) in [6.45, 7) is 8.32. The highest BCUT2D eigenvalue weighted by Gasteiger charge is 2.23. The molecule has 1 fully saturated rings. The Morgan fingerprint density at radius 1 is 1.35 bits per heavy atom. The van der Waals surface area contributed by atoms with Gasteiger partial charge in [0.2, 0.25) is 0 Å². The first-order valence-electron chi connectivity index (χ1n) is 6.38. The minimum atomic E-state index is -3.35. The lowest BCUT2D eigenvalue weighted by atomic mass is 9.94. The second-order valence-corrected chi connectivity index (χ2v) is 6.79. The third-order valence-corrected chi connectivity index (χ3v) is 4.29. The van der Waals surface area contributed by atoms with Crippen LogP contribution >= 0.6 is 0 Å². The van der Waals surface area contributed by atoms with Crippen LogP contribution in [0.1, 0.15) is 33.6 Å². The fourth-order valence-electron chi connectivity index (χ4n) is 1.96. The van der Waals surface area contributed by atoms with Gasteiger partial charge >= 0.3 is 0 Å². The van der Waals surface area contributed by atoms with Crippen molar-refractivity contribution in [1.29, 1.82) is 0 Å². The van der Waals surface area contributed by atoms with Gasteiger partial charge in [0.25, 0.3) is 10.2 Å². The smallest absolute Gasteiger partial charge is 0.277 e. The van der Waals surface area contributed by atoms with Gasteiger partial charge < -0.3 is 5.32 Å². The summed E-state index contributed by atoms with van der Waals surface area (Å²) >= 11 is 0. The Hall–Kier alpha value is -0.170. The highest BCUT2D eigenvalue weighted by Crippen LogP contribution is 2.14. The standard InChI is InChI=1S/C11H25N3O2S/c1-9(2)7-13-17(15,16)14-10(3)11-5-4-6-12-8-11/h9-14H,4-8H2,1-3H3. The first-order valence-corrected chi connectivity index (χ1v) is 7.86. The van der Waals surface area contributed by atoms with E-state index in [0.717, 1.165) is 25.9 Å². The van der Waals surface area contributed by atoms with E-state index >= 15 is 0 Å². The summed E-state index contributed by atoms with van der Waals surface area (Å²) < 4.78 is 28.8. The molecule has 17 heavy (non-hydrogen) atoms. The van der Waals surface area contributed by atoms with Crippen LogP contribution in [0.25, 0.3) is 0 Å². The molecule has 3 N–H and O–H groups in total. The molecule has 5 nitrogen and oxygen atoms in total. The summed E-state index contributed by atoms with van der Waals surface area (Å²) in [5.74, 6) is 0.706. The Labute approximate surface area is 105 Å². The van der Waals surface area contributed by atoms with Crippen molar-refractivity contribution in [1.82, 2.24) is 14.8 Å². The van der Waals surface area contributed by atoms with Gasteiger partial charge in [-0.15, -0.1) is 0 Å². The number of rotatable bonds is 6. The molecule has 0 aliphatic carbocycles. The van der Waals surface area contributed by atoms with Gasteiger partial charge in [-0.05, 0) is 44.7 Å². The Bertz CT molecular complexity index is 311. The van der Waals surface area contributed by atoms with Crippen molar-refractivity contribution in [2.45, 2.75) is 39.7 Å². The number of hydrogen-bond acceptors (Lipinski definition) is 3. The van der Waals surface area contributed by atoms with E-state index in [4.69, 9.17) is 0 Å². The van der Waals surface area contributed by atoms with Crippen LogP contribution in [0.5, 0.6) is 0 Å². The summed E-state index contributed by atoms with van der Waals surface area (Å²) in [5, 5.41) is 3.30. The van der Waals surface area contributed by atoms with Crippen LogP contribution in [0, 0.1) is 11.8 Å². The molecule has 0 spiro atoms. The molecular weight excluding hydrogens is 238 g/mol. The molecule has 0 bridgehead atoms. The first-order chi connectivity index (χ1) is 7.91. The molecule has 2 atom stereocenters. The quantitative estimate of drug-likeness (QED) is 0.652. The predicted octanol–water partition coefficient (Wildman–Crippen LogP) is 0.455. The highest BCUT2D eigenvalue weighted by molar-refractivity contribution is 7.87. The fourth-order valence-corrected chi connectivity index (χ4v) is 3.28. The maximum absolute atomic E-state index is 11.7. The van der Waals surface area contributed by atoms with E-state index in [9.17, 15) is 8.42 Å². The van der Waals surface area contributed by atoms with Gasteiger partial charge in [0, 0.05) is 12.6 Å². The van der Waals surface area contributed by atoms with E-state index in [0.29, 0.717) is 18.4 Å². The topological polar surface area (TPSA) is 70.2 Å². The molecule has 2 unspecified atom stereocenters. The Morgan fingerprint density at radius 2 is 2.06 bits per heavy atom. The molecule has 1 aliphatic heterocycles. The van der Waals surface area contributed by atoms with Crippen molar-refractivity contribution in [3.05, 3.63) is 0 Å². The van der Waals surface area contributed by atoms with Gasteiger partial charge in [0.1, 0.15) is 0 Å². The normalized spacial score (nSPS) is 23.9. The van der Waals surface area contributed by atoms with Crippen LogP contribution in [-0.4, -0.2) is 34.1 Å². The SMILES string of the molecule is CC(C)CNS(=O)(=O)NC(C)C1CCCNC1. The maximum Gasteiger partial charge on any atom is 0.277 e. The van der Waals surface area contributed by atoms with E-state index in [1.54, 1.807) is 0 Å². The monoisotopic (exact) mass is 263 g/mol. The molecule has 0 saturated carbocycles. The zero-order chi connectivity index (χ0) is 12.9. The largest absolute Gasteiger partial charge is 0.316 e. The highest BCUT2D eigenvalue weighted by atomic mass is 32.2. The predicted molar refractivity (Wildman–Crippen MR) is 70.0 cm³/mol. The maximum atomic E-state index is 11.7. The van der Waals surface area contributed by atoms with Crippen LogP contribution in [-0.2, 0) is 10.2 Å². The third-order valence-electron chi connectivity index (χ3n) is 3.06. The van der Waals surface area contributed by atoms with Crippen LogP contribution in [0.4, 0.5) is 0 Å². The number of piperidine rings is 1. The fraction of sp³-hybridized carbons (Fsp3) is 1.00. The first kappa shape index (κ1) is 14.9. The molecule has 6 heteroatoms. The van der Waals surface area contributed by atoms with Gasteiger partial charge in [-0.3, -0.25) is 0 Å². The van der Waals surface area contributed by atoms with Gasteiger partial charge in [-0.2, -0.15) is 13.1 Å². The molecular formula is C11H25N3O2S. The lowest BCUT2D eigenvalue weighted by Crippen LogP contribution is -2.48. The van der Waals surface area contributed by atoms with Crippen LogP contribution in [0.15, 0.2) is 0 Å². The zero-order valence-corrected chi connectivity index (χ0v) is 11.8. The molecule has 0 aromatic carbocycles. The average molecular weight is 263 g/mol. The summed E-state index contributed by atoms with van der Waals surface area (Å²) in [7, 11) is -3.35. The zero-order valence-electron chi connectivity index (χ0n) is 11.0. The Balaban J connectivity index is 2.40. The van der Waals surface area contributed by atoms with Crippen molar-refractivity contribution >= 4 is 10.2 Å². The van der Waals surface area contributed by atoms with E-state index in [2.05, 4.69) is 14.8 Å². The lowest BCUT2D eigenvalue weighted by molar-refractivity contribution is 0.319. The van der Waals surface area contributed by atoms with Gasteiger partial charge in [0.05, 0.1) is 0 Å². The summed E-state index contributed by atoms with van der Waals surface area (Å²) in [6, 6.07) is -0.0209. The molecule has 0 aromatic rings. The van der Waals surface area contributed by atoms with Crippen molar-refractivity contribution in [2.75, 3.05) is 19.6 Å². The molecule has 1 saturated heterocycles. The van der Waals surface area contributed by atoms with E-state index in [-0.39, 0.29) is 6.04 Å². The molecule has 1 rings (SSSR count). The minimum Gasteiger partial charge on any atom is -0.316 e. The molecule has 102 valence electrons. The summed E-state index contributed by atoms with van der Waals surface area (Å²) in [5.41, 5.74) is 0. The average Bonchev–Trinajstić information content (AvgIpc) is 2.27. The van der Waals surface area contributed by atoms with Crippen LogP contribution in [0.2, 0.25) is 0 Å². The van der Waals surface area contributed by atoms with E-state index in [1.165, 1.54) is 0 Å². The van der Waals surface area contributed by atoms with Crippen molar-refractivity contribution in [2.24, 2.45) is 11.8 Å². The Kier molecular flexibility index (Phi) is 5.85. The molecule has 0 radical (unpaired) electrons.